The standard InChI is InChI=1S/C25H19NO3/c1-17(27)26-23(14-18-8-3-2-4-9-18)25(28)29-24-13-7-12-21-15-19-10-5-6-11-20(19)16-22(21)24/h2-16H,1H3,(H,26,27)/b23-14-. The molecule has 29 heavy (non-hydrogen) atoms. The molecule has 0 heterocycles. The minimum absolute atomic E-state index is 0.0847. The van der Waals surface area contributed by atoms with Crippen molar-refractivity contribution in [2.24, 2.45) is 0 Å². The number of nitrogens with one attached hydrogen (secondary N) is 1. The minimum Gasteiger partial charge on any atom is -0.421 e. The van der Waals surface area contributed by atoms with Crippen LogP contribution in [0.3, 0.4) is 0 Å². The van der Waals surface area contributed by atoms with Crippen molar-refractivity contribution in [1.29, 1.82) is 0 Å². The Kier molecular flexibility index (Phi) is 5.08. The van der Waals surface area contributed by atoms with E-state index < -0.39 is 5.97 Å². The largest absolute Gasteiger partial charge is 0.421 e. The molecule has 0 radical (unpaired) electrons. The first-order valence-corrected chi connectivity index (χ1v) is 9.28. The Morgan fingerprint density at radius 1 is 0.793 bits per heavy atom. The van der Waals surface area contributed by atoms with Crippen molar-refractivity contribution in [2.45, 2.75) is 6.92 Å². The van der Waals surface area contributed by atoms with E-state index in [1.807, 2.05) is 72.8 Å². The Hall–Kier alpha value is -3.92. The van der Waals surface area contributed by atoms with Crippen LogP contribution in [0.2, 0.25) is 0 Å². The number of hydrogen-bond acceptors (Lipinski definition) is 3. The summed E-state index contributed by atoms with van der Waals surface area (Å²) in [6, 6.07) is 27.0. The Labute approximate surface area is 168 Å². The zero-order valence-corrected chi connectivity index (χ0v) is 15.9. The lowest BCUT2D eigenvalue weighted by Gasteiger charge is -2.11. The zero-order chi connectivity index (χ0) is 20.2. The number of fused-ring (bicyclic) bond motifs is 2. The Morgan fingerprint density at radius 3 is 2.17 bits per heavy atom. The summed E-state index contributed by atoms with van der Waals surface area (Å²) in [5.74, 6) is -0.514. The van der Waals surface area contributed by atoms with Crippen LogP contribution in [0.25, 0.3) is 27.6 Å². The molecule has 0 spiro atoms. The van der Waals surface area contributed by atoms with Gasteiger partial charge < -0.3 is 10.1 Å². The van der Waals surface area contributed by atoms with Crippen LogP contribution in [0, 0.1) is 0 Å². The lowest BCUT2D eigenvalue weighted by atomic mass is 10.0. The van der Waals surface area contributed by atoms with Crippen molar-refractivity contribution >= 4 is 39.5 Å². The molecule has 4 aromatic carbocycles. The Balaban J connectivity index is 1.72. The second kappa shape index (κ2) is 7.98. The first-order chi connectivity index (χ1) is 14.1. The van der Waals surface area contributed by atoms with E-state index in [1.165, 1.54) is 6.92 Å². The zero-order valence-electron chi connectivity index (χ0n) is 15.9. The van der Waals surface area contributed by atoms with Gasteiger partial charge in [-0.3, -0.25) is 4.79 Å². The van der Waals surface area contributed by atoms with E-state index in [9.17, 15) is 9.59 Å². The maximum absolute atomic E-state index is 12.9. The number of amides is 1. The van der Waals surface area contributed by atoms with Gasteiger partial charge >= 0.3 is 5.97 Å². The molecule has 4 heteroatoms. The van der Waals surface area contributed by atoms with Crippen LogP contribution >= 0.6 is 0 Å². The van der Waals surface area contributed by atoms with E-state index in [0.717, 1.165) is 27.1 Å². The maximum Gasteiger partial charge on any atom is 0.360 e. The summed E-state index contributed by atoms with van der Waals surface area (Å²) in [5, 5.41) is 6.56. The number of carbonyl (C=O) groups is 2. The number of esters is 1. The fraction of sp³-hybridized carbons (Fsp3) is 0.0400. The second-order valence-corrected chi connectivity index (χ2v) is 6.72. The highest BCUT2D eigenvalue weighted by Gasteiger charge is 2.16. The molecule has 4 nitrogen and oxygen atoms in total. The topological polar surface area (TPSA) is 55.4 Å². The van der Waals surface area contributed by atoms with Gasteiger partial charge in [0.05, 0.1) is 0 Å². The molecule has 1 N–H and O–H groups in total. The third kappa shape index (κ3) is 4.17. The number of benzene rings is 4. The third-order valence-electron chi connectivity index (χ3n) is 4.55. The SMILES string of the molecule is CC(=O)N/C(=C\c1ccccc1)C(=O)Oc1cccc2cc3ccccc3cc12. The molecule has 142 valence electrons. The number of hydrogen-bond donors (Lipinski definition) is 1. The summed E-state index contributed by atoms with van der Waals surface area (Å²) in [4.78, 5) is 24.5. The summed E-state index contributed by atoms with van der Waals surface area (Å²) in [5.41, 5.74) is 0.874. The lowest BCUT2D eigenvalue weighted by Crippen LogP contribution is -2.27. The van der Waals surface area contributed by atoms with Crippen molar-refractivity contribution in [3.63, 3.8) is 0 Å². The van der Waals surface area contributed by atoms with E-state index in [4.69, 9.17) is 4.74 Å². The van der Waals surface area contributed by atoms with Gasteiger partial charge in [-0.2, -0.15) is 0 Å². The average molecular weight is 381 g/mol. The molecule has 0 unspecified atom stereocenters. The molecule has 0 saturated heterocycles. The van der Waals surface area contributed by atoms with Gasteiger partial charge in [0, 0.05) is 12.3 Å². The van der Waals surface area contributed by atoms with Gasteiger partial charge in [-0.15, -0.1) is 0 Å². The highest BCUT2D eigenvalue weighted by molar-refractivity contribution is 6.03. The quantitative estimate of drug-likeness (QED) is 0.232. The molecule has 4 rings (SSSR count). The predicted octanol–water partition coefficient (Wildman–Crippen LogP) is 5.08. The molecule has 1 amide bonds. The van der Waals surface area contributed by atoms with E-state index >= 15 is 0 Å². The van der Waals surface area contributed by atoms with Crippen LogP contribution in [0.15, 0.2) is 90.6 Å². The van der Waals surface area contributed by atoms with Crippen LogP contribution in [0.4, 0.5) is 0 Å². The van der Waals surface area contributed by atoms with Crippen LogP contribution in [-0.2, 0) is 9.59 Å². The van der Waals surface area contributed by atoms with Crippen molar-refractivity contribution in [3.8, 4) is 5.75 Å². The molecule has 0 saturated carbocycles. The predicted molar refractivity (Wildman–Crippen MR) is 115 cm³/mol. The van der Waals surface area contributed by atoms with Gasteiger partial charge in [0.2, 0.25) is 5.91 Å². The molecule has 0 bridgehead atoms. The first kappa shape index (κ1) is 18.4. The normalized spacial score (nSPS) is 11.4. The molecule has 0 atom stereocenters. The van der Waals surface area contributed by atoms with Crippen molar-refractivity contribution in [2.75, 3.05) is 0 Å². The van der Waals surface area contributed by atoms with Crippen LogP contribution in [0.5, 0.6) is 5.75 Å². The number of rotatable bonds is 4. The van der Waals surface area contributed by atoms with Gasteiger partial charge in [-0.1, -0.05) is 66.7 Å². The monoisotopic (exact) mass is 381 g/mol. The van der Waals surface area contributed by atoms with Gasteiger partial charge in [0.25, 0.3) is 0 Å². The molecule has 0 aliphatic carbocycles. The fourth-order valence-electron chi connectivity index (χ4n) is 3.23. The van der Waals surface area contributed by atoms with Crippen molar-refractivity contribution < 1.29 is 14.3 Å². The van der Waals surface area contributed by atoms with E-state index in [0.29, 0.717) is 5.75 Å². The van der Waals surface area contributed by atoms with Gasteiger partial charge in [0.1, 0.15) is 11.4 Å². The molecule has 0 fully saturated rings. The number of ether oxygens (including phenoxy) is 1. The minimum atomic E-state index is -0.621. The van der Waals surface area contributed by atoms with Gasteiger partial charge in [-0.25, -0.2) is 4.79 Å². The van der Waals surface area contributed by atoms with Crippen LogP contribution in [-0.4, -0.2) is 11.9 Å². The summed E-state index contributed by atoms with van der Waals surface area (Å²) < 4.78 is 5.69. The summed E-state index contributed by atoms with van der Waals surface area (Å²) in [6.45, 7) is 1.36. The van der Waals surface area contributed by atoms with Gasteiger partial charge in [0.15, 0.2) is 0 Å². The lowest BCUT2D eigenvalue weighted by molar-refractivity contribution is -0.132. The maximum atomic E-state index is 12.9. The molecular weight excluding hydrogens is 362 g/mol. The molecule has 0 aliphatic rings. The summed E-state index contributed by atoms with van der Waals surface area (Å²) >= 11 is 0. The molecule has 0 aromatic heterocycles. The van der Waals surface area contributed by atoms with Crippen LogP contribution in [0.1, 0.15) is 12.5 Å². The molecular formula is C25H19NO3. The second-order valence-electron chi connectivity index (χ2n) is 6.72. The van der Waals surface area contributed by atoms with E-state index in [2.05, 4.69) is 11.4 Å². The van der Waals surface area contributed by atoms with Gasteiger partial charge in [-0.05, 0) is 46.0 Å². The van der Waals surface area contributed by atoms with E-state index in [-0.39, 0.29) is 11.6 Å². The Morgan fingerprint density at radius 2 is 1.45 bits per heavy atom. The highest BCUT2D eigenvalue weighted by Crippen LogP contribution is 2.30. The highest BCUT2D eigenvalue weighted by atomic mass is 16.5. The van der Waals surface area contributed by atoms with E-state index in [1.54, 1.807) is 12.1 Å². The third-order valence-corrected chi connectivity index (χ3v) is 4.55. The average Bonchev–Trinajstić information content (AvgIpc) is 2.72. The van der Waals surface area contributed by atoms with Crippen molar-refractivity contribution in [3.05, 3.63) is 96.2 Å². The summed E-state index contributed by atoms with van der Waals surface area (Å²) in [7, 11) is 0. The summed E-state index contributed by atoms with van der Waals surface area (Å²) in [6.07, 6.45) is 1.60. The molecule has 0 aliphatic heterocycles. The van der Waals surface area contributed by atoms with Crippen LogP contribution < -0.4 is 10.1 Å². The number of carbonyl (C=O) groups excluding carboxylic acids is 2. The molecule has 4 aromatic rings. The fourth-order valence-corrected chi connectivity index (χ4v) is 3.23. The Bertz CT molecular complexity index is 1240. The smallest absolute Gasteiger partial charge is 0.360 e. The van der Waals surface area contributed by atoms with Crippen molar-refractivity contribution in [1.82, 2.24) is 5.32 Å². The first-order valence-electron chi connectivity index (χ1n) is 9.28.